The number of likely N-dealkylation sites (N-methyl/N-ethyl adjacent to an activating group) is 1. The first kappa shape index (κ1) is 15.8. The summed E-state index contributed by atoms with van der Waals surface area (Å²) in [6.45, 7) is 5.38. The Morgan fingerprint density at radius 1 is 1.19 bits per heavy atom. The van der Waals surface area contributed by atoms with Crippen LogP contribution in [0.2, 0.25) is 0 Å². The van der Waals surface area contributed by atoms with Gasteiger partial charge in [-0.2, -0.15) is 18.2 Å². The molecule has 118 valence electrons. The molecule has 2 rings (SSSR count). The molecule has 0 atom stereocenters. The summed E-state index contributed by atoms with van der Waals surface area (Å²) in [6, 6.07) is 1.03. The van der Waals surface area contributed by atoms with E-state index in [0.29, 0.717) is 25.5 Å². The summed E-state index contributed by atoms with van der Waals surface area (Å²) in [5.74, 6) is 0.364. The molecule has 21 heavy (non-hydrogen) atoms. The number of nitrogens with zero attached hydrogens (tertiary/aromatic N) is 4. The number of hydrogen-bond donors (Lipinski definition) is 1. The van der Waals surface area contributed by atoms with Crippen LogP contribution in [-0.4, -0.2) is 54.6 Å². The largest absolute Gasteiger partial charge is 0.433 e. The normalized spacial score (nSPS) is 17.7. The van der Waals surface area contributed by atoms with Gasteiger partial charge in [0.2, 0.25) is 5.95 Å². The molecule has 0 amide bonds. The summed E-state index contributed by atoms with van der Waals surface area (Å²) < 4.78 is 38.9. The van der Waals surface area contributed by atoms with Gasteiger partial charge in [0.15, 0.2) is 5.69 Å². The summed E-state index contributed by atoms with van der Waals surface area (Å²) in [6.07, 6.45) is -3.57. The fourth-order valence-corrected chi connectivity index (χ4v) is 2.25. The quantitative estimate of drug-likeness (QED) is 0.926. The third kappa shape index (κ3) is 4.20. The monoisotopic (exact) mass is 303 g/mol. The lowest BCUT2D eigenvalue weighted by Gasteiger charge is -2.23. The van der Waals surface area contributed by atoms with Crippen molar-refractivity contribution in [2.45, 2.75) is 19.5 Å². The van der Waals surface area contributed by atoms with Crippen LogP contribution in [0.5, 0.6) is 0 Å². The van der Waals surface area contributed by atoms with Crippen molar-refractivity contribution in [2.75, 3.05) is 50.0 Å². The second kappa shape index (κ2) is 6.46. The number of anilines is 2. The van der Waals surface area contributed by atoms with E-state index in [9.17, 15) is 13.2 Å². The zero-order chi connectivity index (χ0) is 15.5. The molecule has 0 saturated carbocycles. The van der Waals surface area contributed by atoms with E-state index in [1.807, 2.05) is 11.9 Å². The molecule has 1 N–H and O–H groups in total. The highest BCUT2D eigenvalue weighted by Gasteiger charge is 2.34. The number of alkyl halides is 3. The zero-order valence-electron chi connectivity index (χ0n) is 12.2. The molecule has 1 aromatic rings. The molecule has 2 heterocycles. The van der Waals surface area contributed by atoms with E-state index < -0.39 is 11.9 Å². The van der Waals surface area contributed by atoms with Crippen LogP contribution in [0.4, 0.5) is 24.9 Å². The van der Waals surface area contributed by atoms with Crippen molar-refractivity contribution in [1.29, 1.82) is 0 Å². The molecule has 1 aliphatic heterocycles. The average molecular weight is 303 g/mol. The van der Waals surface area contributed by atoms with Gasteiger partial charge in [-0.1, -0.05) is 0 Å². The van der Waals surface area contributed by atoms with Gasteiger partial charge in [-0.15, -0.1) is 0 Å². The van der Waals surface area contributed by atoms with Crippen molar-refractivity contribution in [3.05, 3.63) is 11.8 Å². The van der Waals surface area contributed by atoms with Gasteiger partial charge in [0, 0.05) is 32.2 Å². The van der Waals surface area contributed by atoms with Crippen LogP contribution < -0.4 is 10.2 Å². The molecule has 8 heteroatoms. The van der Waals surface area contributed by atoms with Crippen molar-refractivity contribution in [2.24, 2.45) is 0 Å². The van der Waals surface area contributed by atoms with Gasteiger partial charge in [-0.25, -0.2) is 4.98 Å². The van der Waals surface area contributed by atoms with Gasteiger partial charge in [-0.3, -0.25) is 0 Å². The smallest absolute Gasteiger partial charge is 0.355 e. The van der Waals surface area contributed by atoms with E-state index >= 15 is 0 Å². The Bertz CT molecular complexity index is 477. The molecular weight excluding hydrogens is 283 g/mol. The first-order chi connectivity index (χ1) is 9.90. The van der Waals surface area contributed by atoms with Crippen molar-refractivity contribution < 1.29 is 13.2 Å². The minimum Gasteiger partial charge on any atom is -0.355 e. The minimum absolute atomic E-state index is 0.0277. The summed E-state index contributed by atoms with van der Waals surface area (Å²) in [5, 5.41) is 2.76. The van der Waals surface area contributed by atoms with E-state index in [-0.39, 0.29) is 5.95 Å². The second-order valence-corrected chi connectivity index (χ2v) is 5.11. The lowest BCUT2D eigenvalue weighted by Crippen LogP contribution is -2.30. The van der Waals surface area contributed by atoms with Crippen LogP contribution in [0.3, 0.4) is 0 Å². The van der Waals surface area contributed by atoms with Crippen LogP contribution in [0, 0.1) is 0 Å². The molecule has 0 bridgehead atoms. The lowest BCUT2D eigenvalue weighted by atomic mass is 10.3. The van der Waals surface area contributed by atoms with E-state index in [0.717, 1.165) is 25.6 Å². The molecule has 0 aliphatic carbocycles. The first-order valence-electron chi connectivity index (χ1n) is 7.04. The highest BCUT2D eigenvalue weighted by atomic mass is 19.4. The molecule has 0 spiro atoms. The number of halogens is 3. The molecule has 0 radical (unpaired) electrons. The third-order valence-electron chi connectivity index (χ3n) is 3.38. The summed E-state index contributed by atoms with van der Waals surface area (Å²) in [5.41, 5.74) is -0.902. The van der Waals surface area contributed by atoms with Crippen LogP contribution in [0.25, 0.3) is 0 Å². The van der Waals surface area contributed by atoms with Crippen LogP contribution >= 0.6 is 0 Å². The van der Waals surface area contributed by atoms with Gasteiger partial charge >= 0.3 is 6.18 Å². The maximum Gasteiger partial charge on any atom is 0.433 e. The number of nitrogens with one attached hydrogen (secondary N) is 1. The Hall–Kier alpha value is -1.57. The lowest BCUT2D eigenvalue weighted by molar-refractivity contribution is -0.141. The van der Waals surface area contributed by atoms with Gasteiger partial charge in [0.05, 0.1) is 0 Å². The maximum atomic E-state index is 13.0. The number of hydrogen-bond acceptors (Lipinski definition) is 5. The van der Waals surface area contributed by atoms with Crippen LogP contribution in [-0.2, 0) is 6.18 Å². The molecular formula is C13H20F3N5. The van der Waals surface area contributed by atoms with Crippen molar-refractivity contribution in [1.82, 2.24) is 14.9 Å². The fourth-order valence-electron chi connectivity index (χ4n) is 2.25. The number of aromatic nitrogens is 2. The molecule has 1 aromatic heterocycles. The van der Waals surface area contributed by atoms with E-state index in [1.165, 1.54) is 0 Å². The van der Waals surface area contributed by atoms with E-state index in [1.54, 1.807) is 6.92 Å². The van der Waals surface area contributed by atoms with E-state index in [4.69, 9.17) is 0 Å². The highest BCUT2D eigenvalue weighted by Crippen LogP contribution is 2.30. The topological polar surface area (TPSA) is 44.3 Å². The molecule has 5 nitrogen and oxygen atoms in total. The van der Waals surface area contributed by atoms with Crippen molar-refractivity contribution in [3.63, 3.8) is 0 Å². The molecule has 1 saturated heterocycles. The van der Waals surface area contributed by atoms with Gasteiger partial charge in [0.25, 0.3) is 0 Å². The highest BCUT2D eigenvalue weighted by molar-refractivity contribution is 5.45. The fraction of sp³-hybridized carbons (Fsp3) is 0.692. The second-order valence-electron chi connectivity index (χ2n) is 5.11. The SMILES string of the molecule is CCNc1nc(N2CCCN(C)CC2)cc(C(F)(F)F)n1. The van der Waals surface area contributed by atoms with Crippen LogP contribution in [0.1, 0.15) is 19.0 Å². The Morgan fingerprint density at radius 2 is 1.95 bits per heavy atom. The predicted octanol–water partition coefficient (Wildman–Crippen LogP) is 2.07. The summed E-state index contributed by atoms with van der Waals surface area (Å²) in [7, 11) is 2.01. The summed E-state index contributed by atoms with van der Waals surface area (Å²) >= 11 is 0. The Labute approximate surface area is 122 Å². The Kier molecular flexibility index (Phi) is 4.87. The Morgan fingerprint density at radius 3 is 2.62 bits per heavy atom. The van der Waals surface area contributed by atoms with E-state index in [2.05, 4.69) is 20.2 Å². The molecule has 1 fully saturated rings. The number of rotatable bonds is 3. The minimum atomic E-state index is -4.47. The average Bonchev–Trinajstić information content (AvgIpc) is 2.63. The van der Waals surface area contributed by atoms with Crippen molar-refractivity contribution >= 4 is 11.8 Å². The predicted molar refractivity (Wildman–Crippen MR) is 75.5 cm³/mol. The van der Waals surface area contributed by atoms with Crippen molar-refractivity contribution in [3.8, 4) is 0 Å². The summed E-state index contributed by atoms with van der Waals surface area (Å²) in [4.78, 5) is 11.8. The van der Waals surface area contributed by atoms with Gasteiger partial charge in [0.1, 0.15) is 5.82 Å². The molecule has 1 aliphatic rings. The molecule has 0 aromatic carbocycles. The molecule has 0 unspecified atom stereocenters. The first-order valence-corrected chi connectivity index (χ1v) is 7.04. The van der Waals surface area contributed by atoms with Crippen LogP contribution in [0.15, 0.2) is 6.07 Å². The van der Waals surface area contributed by atoms with Gasteiger partial charge in [-0.05, 0) is 26.9 Å². The maximum absolute atomic E-state index is 13.0. The third-order valence-corrected chi connectivity index (χ3v) is 3.38. The van der Waals surface area contributed by atoms with Gasteiger partial charge < -0.3 is 15.1 Å². The standard InChI is InChI=1S/C13H20F3N5/c1-3-17-12-18-10(13(14,15)16)9-11(19-12)21-6-4-5-20(2)7-8-21/h9H,3-8H2,1-2H3,(H,17,18,19). The Balaban J connectivity index is 2.30. The zero-order valence-corrected chi connectivity index (χ0v) is 12.2.